The molecule has 2 heteroatoms. The number of fused-ring (bicyclic) bond motifs is 2. The second-order valence-corrected chi connectivity index (χ2v) is 6.10. The standard InChI is InChI=1S/C19H16N.Ir/c1-12-6-4-8-14-17(12)19(2,3)15-9-5-7-13-10-11-20-18(14)16(13)15;/h4-7,9-11H,1-3H3;/q-1;. The normalized spacial score (nSPS) is 14.4. The monoisotopic (exact) mass is 451 g/mol. The Kier molecular flexibility index (Phi) is 3.27. The van der Waals surface area contributed by atoms with Gasteiger partial charge in [0.1, 0.15) is 0 Å². The first-order valence-electron chi connectivity index (χ1n) is 7.01. The molecular formula is C19H16IrN-. The summed E-state index contributed by atoms with van der Waals surface area (Å²) in [6, 6.07) is 16.2. The van der Waals surface area contributed by atoms with Gasteiger partial charge in [-0.3, -0.25) is 0 Å². The van der Waals surface area contributed by atoms with Crippen LogP contribution in [0.4, 0.5) is 0 Å². The van der Waals surface area contributed by atoms with Crippen molar-refractivity contribution < 1.29 is 20.1 Å². The minimum absolute atomic E-state index is 0. The minimum atomic E-state index is -0.00722. The van der Waals surface area contributed by atoms with Crippen molar-refractivity contribution in [2.45, 2.75) is 26.2 Å². The SMILES string of the molecule is Cc1cc[c-]c2c1C(C)(C)c1cccc3ccnc-2c13.[Ir]. The molecule has 0 saturated carbocycles. The molecule has 0 aliphatic heterocycles. The Morgan fingerprint density at radius 1 is 1.10 bits per heavy atom. The summed E-state index contributed by atoms with van der Waals surface area (Å²) in [5, 5.41) is 2.55. The van der Waals surface area contributed by atoms with Crippen LogP contribution in [-0.2, 0) is 25.5 Å². The first-order chi connectivity index (χ1) is 9.60. The molecule has 0 atom stereocenters. The van der Waals surface area contributed by atoms with Gasteiger partial charge in [-0.15, -0.1) is 34.9 Å². The molecule has 3 aromatic rings. The fraction of sp³-hybridized carbons (Fsp3) is 0.211. The summed E-state index contributed by atoms with van der Waals surface area (Å²) < 4.78 is 0. The maximum atomic E-state index is 4.65. The topological polar surface area (TPSA) is 12.9 Å². The van der Waals surface area contributed by atoms with Crippen LogP contribution in [0.3, 0.4) is 0 Å². The van der Waals surface area contributed by atoms with E-state index in [-0.39, 0.29) is 25.5 Å². The van der Waals surface area contributed by atoms with E-state index in [1.807, 2.05) is 12.3 Å². The van der Waals surface area contributed by atoms with Crippen molar-refractivity contribution in [1.82, 2.24) is 4.98 Å². The van der Waals surface area contributed by atoms with Gasteiger partial charge < -0.3 is 4.98 Å². The van der Waals surface area contributed by atoms with Crippen molar-refractivity contribution in [2.24, 2.45) is 0 Å². The molecule has 0 N–H and O–H groups in total. The van der Waals surface area contributed by atoms with Gasteiger partial charge in [-0.2, -0.15) is 0 Å². The van der Waals surface area contributed by atoms with E-state index in [2.05, 4.69) is 62.2 Å². The number of aryl methyl sites for hydroxylation is 1. The quantitative estimate of drug-likeness (QED) is 0.455. The van der Waals surface area contributed by atoms with E-state index in [1.54, 1.807) is 0 Å². The first kappa shape index (κ1) is 14.4. The Labute approximate surface area is 138 Å². The predicted octanol–water partition coefficient (Wildman–Crippen LogP) is 4.65. The average Bonchev–Trinajstić information content (AvgIpc) is 2.44. The second kappa shape index (κ2) is 4.76. The van der Waals surface area contributed by atoms with Gasteiger partial charge in [0, 0.05) is 26.3 Å². The van der Waals surface area contributed by atoms with Crippen LogP contribution in [0, 0.1) is 13.0 Å². The molecule has 21 heavy (non-hydrogen) atoms. The van der Waals surface area contributed by atoms with Crippen molar-refractivity contribution in [1.29, 1.82) is 0 Å². The number of nitrogens with zero attached hydrogens (tertiary/aromatic N) is 1. The Balaban J connectivity index is 0.00000132. The zero-order valence-electron chi connectivity index (χ0n) is 12.3. The fourth-order valence-corrected chi connectivity index (χ4v) is 3.67. The number of hydrogen-bond acceptors (Lipinski definition) is 1. The van der Waals surface area contributed by atoms with E-state index in [4.69, 9.17) is 0 Å². The maximum Gasteiger partial charge on any atom is 0.0167 e. The number of aromatic nitrogens is 1. The molecule has 1 aromatic heterocycles. The molecule has 4 rings (SSSR count). The van der Waals surface area contributed by atoms with Gasteiger partial charge in [-0.1, -0.05) is 39.0 Å². The Morgan fingerprint density at radius 3 is 2.71 bits per heavy atom. The predicted molar refractivity (Wildman–Crippen MR) is 82.9 cm³/mol. The van der Waals surface area contributed by atoms with Crippen LogP contribution in [0.1, 0.15) is 30.5 Å². The number of pyridine rings is 1. The van der Waals surface area contributed by atoms with Gasteiger partial charge >= 0.3 is 0 Å². The third-order valence-corrected chi connectivity index (χ3v) is 4.53. The van der Waals surface area contributed by atoms with E-state index in [9.17, 15) is 0 Å². The number of benzene rings is 2. The van der Waals surface area contributed by atoms with Gasteiger partial charge in [-0.05, 0) is 33.5 Å². The van der Waals surface area contributed by atoms with E-state index in [1.165, 1.54) is 33.0 Å². The van der Waals surface area contributed by atoms with E-state index in [0.717, 1.165) is 5.69 Å². The van der Waals surface area contributed by atoms with Crippen molar-refractivity contribution in [2.75, 3.05) is 0 Å². The van der Waals surface area contributed by atoms with Gasteiger partial charge in [0.25, 0.3) is 0 Å². The summed E-state index contributed by atoms with van der Waals surface area (Å²) in [7, 11) is 0. The maximum absolute atomic E-state index is 4.65. The Morgan fingerprint density at radius 2 is 1.90 bits per heavy atom. The van der Waals surface area contributed by atoms with Crippen molar-refractivity contribution in [3.05, 3.63) is 65.4 Å². The van der Waals surface area contributed by atoms with Crippen molar-refractivity contribution >= 4 is 10.8 Å². The molecule has 0 spiro atoms. The molecule has 2 aromatic carbocycles. The molecule has 1 aliphatic carbocycles. The molecule has 1 heterocycles. The molecule has 1 radical (unpaired) electrons. The second-order valence-electron chi connectivity index (χ2n) is 6.10. The fourth-order valence-electron chi connectivity index (χ4n) is 3.67. The van der Waals surface area contributed by atoms with Crippen LogP contribution in [0.5, 0.6) is 0 Å². The van der Waals surface area contributed by atoms with E-state index in [0.29, 0.717) is 0 Å². The van der Waals surface area contributed by atoms with Gasteiger partial charge in [0.15, 0.2) is 0 Å². The molecule has 1 nitrogen and oxygen atoms in total. The van der Waals surface area contributed by atoms with Crippen LogP contribution in [0.2, 0.25) is 0 Å². The number of hydrogen-bond donors (Lipinski definition) is 0. The summed E-state index contributed by atoms with van der Waals surface area (Å²) in [4.78, 5) is 4.65. The van der Waals surface area contributed by atoms with E-state index < -0.39 is 0 Å². The molecule has 0 bridgehead atoms. The Bertz CT molecular complexity index is 844. The average molecular weight is 451 g/mol. The summed E-state index contributed by atoms with van der Waals surface area (Å²) in [5.41, 5.74) is 6.28. The Hall–Kier alpha value is -1.50. The molecule has 1 aliphatic rings. The summed E-state index contributed by atoms with van der Waals surface area (Å²) in [6.45, 7) is 6.79. The number of rotatable bonds is 0. The van der Waals surface area contributed by atoms with Gasteiger partial charge in [0.05, 0.1) is 0 Å². The molecular weight excluding hydrogens is 434 g/mol. The van der Waals surface area contributed by atoms with Crippen LogP contribution in [0.25, 0.3) is 22.0 Å². The molecule has 0 fully saturated rings. The summed E-state index contributed by atoms with van der Waals surface area (Å²) in [6.07, 6.45) is 1.90. The largest absolute Gasteiger partial charge is 0.304 e. The molecule has 0 saturated heterocycles. The van der Waals surface area contributed by atoms with E-state index >= 15 is 0 Å². The van der Waals surface area contributed by atoms with Crippen LogP contribution in [0.15, 0.2) is 42.6 Å². The molecule has 107 valence electrons. The molecule has 0 unspecified atom stereocenters. The first-order valence-corrected chi connectivity index (χ1v) is 7.01. The van der Waals surface area contributed by atoms with Gasteiger partial charge in [-0.25, -0.2) is 0 Å². The van der Waals surface area contributed by atoms with Crippen LogP contribution < -0.4 is 0 Å². The smallest absolute Gasteiger partial charge is 0.0167 e. The summed E-state index contributed by atoms with van der Waals surface area (Å²) in [5.74, 6) is 0. The summed E-state index contributed by atoms with van der Waals surface area (Å²) >= 11 is 0. The van der Waals surface area contributed by atoms with Gasteiger partial charge in [0.2, 0.25) is 0 Å². The third-order valence-electron chi connectivity index (χ3n) is 4.53. The van der Waals surface area contributed by atoms with Crippen LogP contribution in [-0.4, -0.2) is 4.98 Å². The zero-order valence-corrected chi connectivity index (χ0v) is 14.7. The van der Waals surface area contributed by atoms with Crippen LogP contribution >= 0.6 is 0 Å². The van der Waals surface area contributed by atoms with Crippen molar-refractivity contribution in [3.63, 3.8) is 0 Å². The zero-order chi connectivity index (χ0) is 13.9. The third kappa shape index (κ3) is 1.83. The molecule has 0 amide bonds. The van der Waals surface area contributed by atoms with Crippen molar-refractivity contribution in [3.8, 4) is 11.3 Å². The minimum Gasteiger partial charge on any atom is -0.304 e.